The molecule has 0 unspecified atom stereocenters. The lowest BCUT2D eigenvalue weighted by molar-refractivity contribution is 0.983. The average molecular weight is 271 g/mol. The van der Waals surface area contributed by atoms with E-state index in [-0.39, 0.29) is 0 Å². The van der Waals surface area contributed by atoms with E-state index in [1.165, 1.54) is 0 Å². The third-order valence-electron chi connectivity index (χ3n) is 3.21. The first-order valence-electron chi connectivity index (χ1n) is 6.20. The fourth-order valence-electron chi connectivity index (χ4n) is 2.08. The van der Waals surface area contributed by atoms with Gasteiger partial charge in [-0.3, -0.25) is 9.78 Å². The van der Waals surface area contributed by atoms with Crippen LogP contribution in [0.5, 0.6) is 0 Å². The van der Waals surface area contributed by atoms with Gasteiger partial charge in [0.1, 0.15) is 0 Å². The van der Waals surface area contributed by atoms with Crippen LogP contribution in [0.2, 0.25) is 0 Å². The minimum absolute atomic E-state index is 0.327. The molecule has 2 rings (SSSR count). The van der Waals surface area contributed by atoms with Crippen LogP contribution in [0.4, 0.5) is 5.69 Å². The van der Waals surface area contributed by atoms with E-state index >= 15 is 0 Å². The summed E-state index contributed by atoms with van der Waals surface area (Å²) in [5.41, 5.74) is 1.80. The minimum Gasteiger partial charge on any atom is -0.378 e. The van der Waals surface area contributed by atoms with Gasteiger partial charge in [-0.15, -0.1) is 0 Å². The Balaban J connectivity index is 2.69. The van der Waals surface area contributed by atoms with Crippen molar-refractivity contribution in [2.24, 2.45) is 0 Å². The molecule has 0 fully saturated rings. The molecular weight excluding hydrogens is 254 g/mol. The van der Waals surface area contributed by atoms with Crippen molar-refractivity contribution in [2.45, 2.75) is 6.92 Å². The number of aromatic amines is 2. The van der Waals surface area contributed by atoms with Crippen LogP contribution in [0.25, 0.3) is 12.2 Å². The Bertz CT molecular complexity index is 805. The second-order valence-electron chi connectivity index (χ2n) is 4.83. The van der Waals surface area contributed by atoms with Crippen molar-refractivity contribution in [3.8, 4) is 0 Å². The maximum atomic E-state index is 11.9. The molecule has 5 nitrogen and oxygen atoms in total. The lowest BCUT2D eigenvalue weighted by atomic mass is 10.1. The van der Waals surface area contributed by atoms with Crippen LogP contribution >= 0.6 is 0 Å². The van der Waals surface area contributed by atoms with Gasteiger partial charge in [0, 0.05) is 25.1 Å². The van der Waals surface area contributed by atoms with Gasteiger partial charge in [0.25, 0.3) is 5.56 Å². The van der Waals surface area contributed by atoms with Gasteiger partial charge in [0.15, 0.2) is 0 Å². The standard InChI is InChI=1S/C15H17N3O2/c1-9(11-5-7-12(8-6-11)18(3)4)13-10(2)16-15(20)17-14(13)19/h5-8H,2H2,1,3-4H3,(H2,16,17,19,20)/b13-9-. The summed E-state index contributed by atoms with van der Waals surface area (Å²) < 4.78 is 0. The maximum Gasteiger partial charge on any atom is 0.326 e. The Morgan fingerprint density at radius 3 is 2.20 bits per heavy atom. The molecule has 0 aliphatic rings. The quantitative estimate of drug-likeness (QED) is 0.792. The number of H-pyrrole nitrogens is 2. The van der Waals surface area contributed by atoms with Crippen molar-refractivity contribution < 1.29 is 0 Å². The lowest BCUT2D eigenvalue weighted by Crippen LogP contribution is -2.48. The van der Waals surface area contributed by atoms with Crippen molar-refractivity contribution in [1.82, 2.24) is 9.97 Å². The van der Waals surface area contributed by atoms with Crippen molar-refractivity contribution in [3.05, 3.63) is 61.2 Å². The zero-order valence-electron chi connectivity index (χ0n) is 11.8. The lowest BCUT2D eigenvalue weighted by Gasteiger charge is -2.12. The van der Waals surface area contributed by atoms with Gasteiger partial charge in [-0.25, -0.2) is 4.79 Å². The minimum atomic E-state index is -0.542. The van der Waals surface area contributed by atoms with Crippen LogP contribution < -0.4 is 26.7 Å². The van der Waals surface area contributed by atoms with E-state index in [9.17, 15) is 9.59 Å². The molecule has 0 radical (unpaired) electrons. The Labute approximate surface area is 115 Å². The van der Waals surface area contributed by atoms with E-state index in [0.29, 0.717) is 10.6 Å². The fourth-order valence-corrected chi connectivity index (χ4v) is 2.08. The Kier molecular flexibility index (Phi) is 3.61. The molecule has 2 N–H and O–H groups in total. The first kappa shape index (κ1) is 13.9. The maximum absolute atomic E-state index is 11.9. The summed E-state index contributed by atoms with van der Waals surface area (Å²) in [7, 11) is 3.93. The van der Waals surface area contributed by atoms with Gasteiger partial charge in [-0.1, -0.05) is 18.7 Å². The molecule has 0 spiro atoms. The zero-order chi connectivity index (χ0) is 14.9. The predicted molar refractivity (Wildman–Crippen MR) is 81.4 cm³/mol. The van der Waals surface area contributed by atoms with E-state index in [1.807, 2.05) is 50.2 Å². The SMILES string of the molecule is C=c1[nH]c(=O)[nH]c(=O)/c1=C(/C)c1ccc(N(C)C)cc1. The van der Waals surface area contributed by atoms with E-state index < -0.39 is 11.2 Å². The third-order valence-corrected chi connectivity index (χ3v) is 3.21. The first-order chi connectivity index (χ1) is 9.40. The summed E-state index contributed by atoms with van der Waals surface area (Å²) in [4.78, 5) is 29.8. The Hall–Kier alpha value is -2.56. The number of anilines is 1. The highest BCUT2D eigenvalue weighted by molar-refractivity contribution is 5.65. The highest BCUT2D eigenvalue weighted by atomic mass is 16.2. The largest absolute Gasteiger partial charge is 0.378 e. The summed E-state index contributed by atoms with van der Waals surface area (Å²) in [6.45, 7) is 5.57. The van der Waals surface area contributed by atoms with Gasteiger partial charge in [-0.05, 0) is 30.2 Å². The molecule has 5 heteroatoms. The summed E-state index contributed by atoms with van der Waals surface area (Å²) in [6.07, 6.45) is 0. The van der Waals surface area contributed by atoms with E-state index in [1.54, 1.807) is 0 Å². The molecule has 0 saturated heterocycles. The van der Waals surface area contributed by atoms with E-state index in [0.717, 1.165) is 16.8 Å². The van der Waals surface area contributed by atoms with Gasteiger partial charge < -0.3 is 9.88 Å². The Morgan fingerprint density at radius 1 is 1.10 bits per heavy atom. The van der Waals surface area contributed by atoms with Gasteiger partial charge in [0.2, 0.25) is 0 Å². The zero-order valence-corrected chi connectivity index (χ0v) is 11.8. The molecule has 0 aliphatic heterocycles. The number of hydrogen-bond donors (Lipinski definition) is 2. The topological polar surface area (TPSA) is 69.0 Å². The summed E-state index contributed by atoms with van der Waals surface area (Å²) >= 11 is 0. The predicted octanol–water partition coefficient (Wildman–Crippen LogP) is -0.242. The van der Waals surface area contributed by atoms with E-state index in [4.69, 9.17) is 0 Å². The average Bonchev–Trinajstić information content (AvgIpc) is 2.37. The number of aromatic nitrogens is 2. The van der Waals surface area contributed by atoms with Crippen LogP contribution in [-0.2, 0) is 0 Å². The van der Waals surface area contributed by atoms with Crippen LogP contribution in [-0.4, -0.2) is 24.1 Å². The molecule has 0 atom stereocenters. The molecule has 0 saturated carbocycles. The molecular formula is C15H17N3O2. The highest BCUT2D eigenvalue weighted by Crippen LogP contribution is 2.16. The smallest absolute Gasteiger partial charge is 0.326 e. The number of nitrogens with zero attached hydrogens (tertiary/aromatic N) is 1. The number of benzene rings is 1. The molecule has 1 heterocycles. The van der Waals surface area contributed by atoms with Crippen LogP contribution in [0, 0.1) is 0 Å². The number of hydrogen-bond acceptors (Lipinski definition) is 3. The van der Waals surface area contributed by atoms with Crippen LogP contribution in [0.1, 0.15) is 12.5 Å². The van der Waals surface area contributed by atoms with Gasteiger partial charge in [0.05, 0.1) is 5.22 Å². The normalized spacial score (nSPS) is 12.2. The number of nitrogens with one attached hydrogen (secondary N) is 2. The molecule has 20 heavy (non-hydrogen) atoms. The third kappa shape index (κ3) is 2.56. The molecule has 2 aromatic rings. The molecule has 0 bridgehead atoms. The molecule has 0 amide bonds. The van der Waals surface area contributed by atoms with Crippen molar-refractivity contribution in [1.29, 1.82) is 0 Å². The molecule has 1 aromatic carbocycles. The van der Waals surface area contributed by atoms with E-state index in [2.05, 4.69) is 16.5 Å². The highest BCUT2D eigenvalue weighted by Gasteiger charge is 2.03. The van der Waals surface area contributed by atoms with Crippen molar-refractivity contribution >= 4 is 17.8 Å². The monoisotopic (exact) mass is 271 g/mol. The first-order valence-corrected chi connectivity index (χ1v) is 6.20. The van der Waals surface area contributed by atoms with Crippen LogP contribution in [0.3, 0.4) is 0 Å². The fraction of sp³-hybridized carbons (Fsp3) is 0.200. The summed E-state index contributed by atoms with van der Waals surface area (Å²) in [5.74, 6) is 0. The van der Waals surface area contributed by atoms with Crippen LogP contribution in [0.15, 0.2) is 33.9 Å². The second kappa shape index (κ2) is 5.21. The summed E-state index contributed by atoms with van der Waals surface area (Å²) in [6, 6.07) is 7.83. The van der Waals surface area contributed by atoms with Gasteiger partial charge >= 0.3 is 5.69 Å². The Morgan fingerprint density at radius 2 is 1.70 bits per heavy atom. The molecule has 1 aromatic heterocycles. The summed E-state index contributed by atoms with van der Waals surface area (Å²) in [5, 5.41) is 0.732. The molecule has 104 valence electrons. The van der Waals surface area contributed by atoms with Crippen molar-refractivity contribution in [3.63, 3.8) is 0 Å². The van der Waals surface area contributed by atoms with Gasteiger partial charge in [-0.2, -0.15) is 0 Å². The molecule has 0 aliphatic carbocycles. The van der Waals surface area contributed by atoms with Crippen molar-refractivity contribution in [2.75, 3.05) is 19.0 Å². The second-order valence-corrected chi connectivity index (χ2v) is 4.83. The number of rotatable bonds is 2.